The van der Waals surface area contributed by atoms with E-state index < -0.39 is 0 Å². The molecule has 0 bridgehead atoms. The SMILES string of the molecule is Cn1ccc(C(=O)NC[C@@H](c2ccco2)N2CCCCC2)cc1=O. The van der Waals surface area contributed by atoms with Gasteiger partial charge in [-0.15, -0.1) is 0 Å². The van der Waals surface area contributed by atoms with Gasteiger partial charge in [0.05, 0.1) is 12.3 Å². The lowest BCUT2D eigenvalue weighted by atomic mass is 10.1. The lowest BCUT2D eigenvalue weighted by Crippen LogP contribution is -2.40. The highest BCUT2D eigenvalue weighted by atomic mass is 16.3. The van der Waals surface area contributed by atoms with Crippen molar-refractivity contribution >= 4 is 5.91 Å². The molecule has 0 radical (unpaired) electrons. The van der Waals surface area contributed by atoms with Gasteiger partial charge in [0.1, 0.15) is 5.76 Å². The van der Waals surface area contributed by atoms with E-state index in [9.17, 15) is 9.59 Å². The van der Waals surface area contributed by atoms with Crippen molar-refractivity contribution in [2.24, 2.45) is 7.05 Å². The van der Waals surface area contributed by atoms with E-state index in [1.165, 1.54) is 29.9 Å². The summed E-state index contributed by atoms with van der Waals surface area (Å²) in [6, 6.07) is 6.85. The lowest BCUT2D eigenvalue weighted by molar-refractivity contribution is 0.0914. The van der Waals surface area contributed by atoms with Crippen molar-refractivity contribution in [1.82, 2.24) is 14.8 Å². The van der Waals surface area contributed by atoms with Crippen LogP contribution in [-0.2, 0) is 7.05 Å². The molecule has 24 heavy (non-hydrogen) atoms. The number of nitrogens with one attached hydrogen (secondary N) is 1. The fraction of sp³-hybridized carbons (Fsp3) is 0.444. The van der Waals surface area contributed by atoms with Crippen molar-refractivity contribution in [2.45, 2.75) is 25.3 Å². The molecule has 1 amide bonds. The summed E-state index contributed by atoms with van der Waals surface area (Å²) in [6.45, 7) is 2.47. The molecular formula is C18H23N3O3. The minimum absolute atomic E-state index is 0.0239. The topological polar surface area (TPSA) is 67.5 Å². The fourth-order valence-electron chi connectivity index (χ4n) is 3.10. The Kier molecular flexibility index (Phi) is 5.15. The summed E-state index contributed by atoms with van der Waals surface area (Å²) in [7, 11) is 1.66. The minimum Gasteiger partial charge on any atom is -0.468 e. The second-order valence-corrected chi connectivity index (χ2v) is 6.20. The van der Waals surface area contributed by atoms with Gasteiger partial charge in [0.2, 0.25) is 0 Å². The number of hydrogen-bond donors (Lipinski definition) is 1. The summed E-state index contributed by atoms with van der Waals surface area (Å²) in [5, 5.41) is 2.94. The van der Waals surface area contributed by atoms with Crippen LogP contribution in [0.1, 0.15) is 41.4 Å². The summed E-state index contributed by atoms with van der Waals surface area (Å²) >= 11 is 0. The maximum Gasteiger partial charge on any atom is 0.251 e. The van der Waals surface area contributed by atoms with Gasteiger partial charge < -0.3 is 14.3 Å². The van der Waals surface area contributed by atoms with Crippen LogP contribution in [-0.4, -0.2) is 35.0 Å². The Morgan fingerprint density at radius 3 is 2.75 bits per heavy atom. The van der Waals surface area contributed by atoms with Crippen LogP contribution in [0.3, 0.4) is 0 Å². The summed E-state index contributed by atoms with van der Waals surface area (Å²) in [6.07, 6.45) is 6.85. The van der Waals surface area contributed by atoms with E-state index in [1.807, 2.05) is 12.1 Å². The number of carbonyl (C=O) groups is 1. The van der Waals surface area contributed by atoms with Crippen molar-refractivity contribution < 1.29 is 9.21 Å². The number of aromatic nitrogens is 1. The zero-order valence-corrected chi connectivity index (χ0v) is 13.9. The Hall–Kier alpha value is -2.34. The number of hydrogen-bond acceptors (Lipinski definition) is 4. The Morgan fingerprint density at radius 2 is 2.08 bits per heavy atom. The Bertz CT molecular complexity index is 730. The van der Waals surface area contributed by atoms with Crippen LogP contribution in [0.5, 0.6) is 0 Å². The number of likely N-dealkylation sites (tertiary alicyclic amines) is 1. The zero-order valence-electron chi connectivity index (χ0n) is 13.9. The normalized spacial score (nSPS) is 16.7. The van der Waals surface area contributed by atoms with Gasteiger partial charge in [0, 0.05) is 31.4 Å². The molecule has 1 saturated heterocycles. The fourth-order valence-corrected chi connectivity index (χ4v) is 3.10. The molecule has 0 spiro atoms. The largest absolute Gasteiger partial charge is 0.468 e. The van der Waals surface area contributed by atoms with Gasteiger partial charge in [-0.1, -0.05) is 6.42 Å². The van der Waals surface area contributed by atoms with Crippen LogP contribution in [0.25, 0.3) is 0 Å². The van der Waals surface area contributed by atoms with Gasteiger partial charge in [-0.3, -0.25) is 14.5 Å². The summed E-state index contributed by atoms with van der Waals surface area (Å²) in [4.78, 5) is 26.4. The molecule has 3 rings (SSSR count). The second kappa shape index (κ2) is 7.49. The predicted octanol–water partition coefficient (Wildman–Crippen LogP) is 1.94. The summed E-state index contributed by atoms with van der Waals surface area (Å²) in [5.74, 6) is 0.627. The average Bonchev–Trinajstić information content (AvgIpc) is 3.12. The number of carbonyl (C=O) groups excluding carboxylic acids is 1. The highest BCUT2D eigenvalue weighted by Gasteiger charge is 2.25. The van der Waals surface area contributed by atoms with Crippen molar-refractivity contribution in [3.8, 4) is 0 Å². The van der Waals surface area contributed by atoms with E-state index in [1.54, 1.807) is 25.6 Å². The van der Waals surface area contributed by atoms with E-state index in [0.29, 0.717) is 12.1 Å². The third-order valence-corrected chi connectivity index (χ3v) is 4.53. The molecule has 6 nitrogen and oxygen atoms in total. The van der Waals surface area contributed by atoms with E-state index in [2.05, 4.69) is 10.2 Å². The summed E-state index contributed by atoms with van der Waals surface area (Å²) in [5.41, 5.74) is 0.191. The molecule has 1 aliphatic heterocycles. The maximum atomic E-state index is 12.4. The van der Waals surface area contributed by atoms with E-state index in [0.717, 1.165) is 18.8 Å². The molecule has 0 saturated carbocycles. The Morgan fingerprint density at radius 1 is 1.29 bits per heavy atom. The molecule has 1 N–H and O–H groups in total. The van der Waals surface area contributed by atoms with Gasteiger partial charge in [0.25, 0.3) is 11.5 Å². The molecule has 1 aliphatic rings. The number of aryl methyl sites for hydroxylation is 1. The maximum absolute atomic E-state index is 12.4. The first kappa shape index (κ1) is 16.5. The smallest absolute Gasteiger partial charge is 0.251 e. The number of rotatable bonds is 5. The van der Waals surface area contributed by atoms with Crippen molar-refractivity contribution in [1.29, 1.82) is 0 Å². The van der Waals surface area contributed by atoms with Crippen molar-refractivity contribution in [2.75, 3.05) is 19.6 Å². The first-order valence-corrected chi connectivity index (χ1v) is 8.37. The van der Waals surface area contributed by atoms with Crippen molar-refractivity contribution in [3.05, 3.63) is 58.4 Å². The predicted molar refractivity (Wildman–Crippen MR) is 90.9 cm³/mol. The van der Waals surface area contributed by atoms with Crippen LogP contribution < -0.4 is 10.9 Å². The van der Waals surface area contributed by atoms with Gasteiger partial charge in [0.15, 0.2) is 0 Å². The number of pyridine rings is 1. The minimum atomic E-state index is -0.235. The average molecular weight is 329 g/mol. The quantitative estimate of drug-likeness (QED) is 0.910. The molecule has 0 aromatic carbocycles. The van der Waals surface area contributed by atoms with Gasteiger partial charge in [-0.2, -0.15) is 0 Å². The molecule has 6 heteroatoms. The highest BCUT2D eigenvalue weighted by molar-refractivity contribution is 5.93. The number of nitrogens with zero attached hydrogens (tertiary/aromatic N) is 2. The summed E-state index contributed by atoms with van der Waals surface area (Å²) < 4.78 is 7.02. The van der Waals surface area contributed by atoms with Gasteiger partial charge in [-0.05, 0) is 44.1 Å². The number of piperidine rings is 1. The molecule has 2 aromatic heterocycles. The molecule has 1 atom stereocenters. The molecule has 128 valence electrons. The zero-order chi connectivity index (χ0) is 16.9. The third-order valence-electron chi connectivity index (χ3n) is 4.53. The lowest BCUT2D eigenvalue weighted by Gasteiger charge is -2.33. The number of furan rings is 1. The van der Waals surface area contributed by atoms with Gasteiger partial charge >= 0.3 is 0 Å². The molecule has 0 unspecified atom stereocenters. The first-order valence-electron chi connectivity index (χ1n) is 8.37. The Labute approximate surface area is 141 Å². The second-order valence-electron chi connectivity index (χ2n) is 6.20. The monoisotopic (exact) mass is 329 g/mol. The van der Waals surface area contributed by atoms with Crippen LogP contribution in [0, 0.1) is 0 Å². The first-order chi connectivity index (χ1) is 11.6. The van der Waals surface area contributed by atoms with Crippen LogP contribution >= 0.6 is 0 Å². The van der Waals surface area contributed by atoms with E-state index >= 15 is 0 Å². The molecule has 0 aliphatic carbocycles. The molecular weight excluding hydrogens is 306 g/mol. The van der Waals surface area contributed by atoms with Crippen LogP contribution in [0.15, 0.2) is 45.9 Å². The van der Waals surface area contributed by atoms with Crippen LogP contribution in [0.4, 0.5) is 0 Å². The molecule has 1 fully saturated rings. The molecule has 3 heterocycles. The standard InChI is InChI=1S/C18H23N3O3/c1-20-10-7-14(12-17(20)22)18(23)19-13-15(16-6-5-11-24-16)21-8-3-2-4-9-21/h5-7,10-12,15H,2-4,8-9,13H2,1H3,(H,19,23)/t15-/m0/s1. The molecule has 2 aromatic rings. The Balaban J connectivity index is 1.69. The van der Waals surface area contributed by atoms with Crippen LogP contribution in [0.2, 0.25) is 0 Å². The van der Waals surface area contributed by atoms with Crippen molar-refractivity contribution in [3.63, 3.8) is 0 Å². The van der Waals surface area contributed by atoms with E-state index in [-0.39, 0.29) is 17.5 Å². The third kappa shape index (κ3) is 3.76. The highest BCUT2D eigenvalue weighted by Crippen LogP contribution is 2.24. The number of amides is 1. The van der Waals surface area contributed by atoms with Gasteiger partial charge in [-0.25, -0.2) is 0 Å². The van der Waals surface area contributed by atoms with E-state index in [4.69, 9.17) is 4.42 Å².